The molecule has 1 aliphatic heterocycles. The highest BCUT2D eigenvalue weighted by Gasteiger charge is 2.30. The monoisotopic (exact) mass is 400 g/mol. The molecule has 0 saturated carbocycles. The van der Waals surface area contributed by atoms with Crippen LogP contribution in [0.3, 0.4) is 0 Å². The molecule has 2 N–H and O–H groups in total. The molecule has 2 aromatic carbocycles. The molecular formula is C20H20N2O5S. The summed E-state index contributed by atoms with van der Waals surface area (Å²) in [5.41, 5.74) is 6.42. The Bertz CT molecular complexity index is 985. The van der Waals surface area contributed by atoms with E-state index in [4.69, 9.17) is 10.5 Å². The normalized spacial score (nSPS) is 17.2. The molecule has 146 valence electrons. The fourth-order valence-corrected chi connectivity index (χ4v) is 4.17. The summed E-state index contributed by atoms with van der Waals surface area (Å²) in [5.74, 6) is -0.619. The van der Waals surface area contributed by atoms with Crippen LogP contribution in [-0.2, 0) is 21.2 Å². The summed E-state index contributed by atoms with van der Waals surface area (Å²) in [6.07, 6.45) is 1.53. The maximum atomic E-state index is 12.8. The van der Waals surface area contributed by atoms with E-state index in [2.05, 4.69) is 0 Å². The van der Waals surface area contributed by atoms with E-state index in [1.165, 1.54) is 23.1 Å². The predicted octanol–water partition coefficient (Wildman–Crippen LogP) is 1.50. The Morgan fingerprint density at radius 1 is 1.07 bits per heavy atom. The maximum Gasteiger partial charge on any atom is 0.261 e. The second-order valence-corrected chi connectivity index (χ2v) is 8.34. The third-order valence-corrected chi connectivity index (χ3v) is 5.71. The highest BCUT2D eigenvalue weighted by Crippen LogP contribution is 2.19. The zero-order valence-electron chi connectivity index (χ0n) is 15.0. The van der Waals surface area contributed by atoms with E-state index >= 15 is 0 Å². The Morgan fingerprint density at radius 3 is 2.32 bits per heavy atom. The molecule has 2 amide bonds. The minimum absolute atomic E-state index is 0.140. The average Bonchev–Trinajstić information content (AvgIpc) is 3.04. The summed E-state index contributed by atoms with van der Waals surface area (Å²) in [5, 5.41) is 1.15. The Kier molecular flexibility index (Phi) is 5.79. The van der Waals surface area contributed by atoms with Gasteiger partial charge in [0.05, 0.1) is 11.8 Å². The summed E-state index contributed by atoms with van der Waals surface area (Å²) >= 11 is 0. The van der Waals surface area contributed by atoms with Crippen LogP contribution in [0.5, 0.6) is 5.75 Å². The highest BCUT2D eigenvalue weighted by molar-refractivity contribution is 7.94. The van der Waals surface area contributed by atoms with Crippen molar-refractivity contribution in [3.63, 3.8) is 0 Å². The maximum absolute atomic E-state index is 12.8. The number of carbonyl (C=O) groups excluding carboxylic acids is 2. The highest BCUT2D eigenvalue weighted by atomic mass is 32.2. The second kappa shape index (κ2) is 8.26. The van der Waals surface area contributed by atoms with Crippen molar-refractivity contribution in [2.45, 2.75) is 12.6 Å². The van der Waals surface area contributed by atoms with Gasteiger partial charge in [0.15, 0.2) is 16.4 Å². The van der Waals surface area contributed by atoms with Crippen LogP contribution in [0.15, 0.2) is 66.1 Å². The third kappa shape index (κ3) is 4.98. The molecule has 0 aromatic heterocycles. The lowest BCUT2D eigenvalue weighted by Gasteiger charge is -2.27. The SMILES string of the molecule is NC(=O)c1ccc(OCC(=O)N(Cc2ccccc2)[C@@H]2C=CS(=O)(=O)C2)cc1. The summed E-state index contributed by atoms with van der Waals surface area (Å²) in [4.78, 5) is 25.4. The van der Waals surface area contributed by atoms with Crippen molar-refractivity contribution in [3.05, 3.63) is 77.2 Å². The van der Waals surface area contributed by atoms with E-state index < -0.39 is 21.8 Å². The van der Waals surface area contributed by atoms with E-state index in [9.17, 15) is 18.0 Å². The van der Waals surface area contributed by atoms with Crippen LogP contribution in [0, 0.1) is 0 Å². The Balaban J connectivity index is 1.71. The van der Waals surface area contributed by atoms with E-state index in [1.54, 1.807) is 12.1 Å². The lowest BCUT2D eigenvalue weighted by molar-refractivity contribution is -0.135. The van der Waals surface area contributed by atoms with Crippen molar-refractivity contribution >= 4 is 21.7 Å². The van der Waals surface area contributed by atoms with E-state index in [0.717, 1.165) is 11.0 Å². The van der Waals surface area contributed by atoms with Crippen molar-refractivity contribution < 1.29 is 22.7 Å². The van der Waals surface area contributed by atoms with Crippen LogP contribution >= 0.6 is 0 Å². The molecule has 0 radical (unpaired) electrons. The number of hydrogen-bond acceptors (Lipinski definition) is 5. The van der Waals surface area contributed by atoms with Gasteiger partial charge in [0, 0.05) is 17.5 Å². The van der Waals surface area contributed by atoms with Gasteiger partial charge < -0.3 is 15.4 Å². The van der Waals surface area contributed by atoms with E-state index in [1.807, 2.05) is 30.3 Å². The van der Waals surface area contributed by atoms with Crippen LogP contribution in [0.4, 0.5) is 0 Å². The van der Waals surface area contributed by atoms with Crippen LogP contribution < -0.4 is 10.5 Å². The lowest BCUT2D eigenvalue weighted by Crippen LogP contribution is -2.42. The molecule has 1 heterocycles. The fraction of sp³-hybridized carbons (Fsp3) is 0.200. The minimum Gasteiger partial charge on any atom is -0.484 e. The summed E-state index contributed by atoms with van der Waals surface area (Å²) < 4.78 is 29.1. The molecule has 1 aliphatic rings. The number of primary amides is 1. The molecule has 8 heteroatoms. The molecule has 28 heavy (non-hydrogen) atoms. The Labute approximate surface area is 163 Å². The molecule has 0 spiro atoms. The Morgan fingerprint density at radius 2 is 1.75 bits per heavy atom. The first-order chi connectivity index (χ1) is 13.3. The van der Waals surface area contributed by atoms with Gasteiger partial charge in [-0.1, -0.05) is 30.3 Å². The molecular weight excluding hydrogens is 380 g/mol. The first kappa shape index (κ1) is 19.6. The largest absolute Gasteiger partial charge is 0.484 e. The van der Waals surface area contributed by atoms with Gasteiger partial charge in [-0.25, -0.2) is 8.42 Å². The summed E-state index contributed by atoms with van der Waals surface area (Å²) in [6, 6.07) is 14.9. The number of nitrogens with two attached hydrogens (primary N) is 1. The van der Waals surface area contributed by atoms with Crippen molar-refractivity contribution in [3.8, 4) is 5.75 Å². The van der Waals surface area contributed by atoms with Crippen LogP contribution in [0.25, 0.3) is 0 Å². The average molecular weight is 400 g/mol. The molecule has 2 aromatic rings. The van der Waals surface area contributed by atoms with Gasteiger partial charge in [0.25, 0.3) is 5.91 Å². The van der Waals surface area contributed by atoms with Crippen molar-refractivity contribution in [1.82, 2.24) is 4.90 Å². The van der Waals surface area contributed by atoms with Gasteiger partial charge in [-0.2, -0.15) is 0 Å². The molecule has 0 unspecified atom stereocenters. The van der Waals surface area contributed by atoms with Gasteiger partial charge in [-0.3, -0.25) is 9.59 Å². The van der Waals surface area contributed by atoms with E-state index in [0.29, 0.717) is 11.3 Å². The first-order valence-corrected chi connectivity index (χ1v) is 10.3. The van der Waals surface area contributed by atoms with Crippen molar-refractivity contribution in [2.24, 2.45) is 5.73 Å². The molecule has 0 saturated heterocycles. The van der Waals surface area contributed by atoms with Crippen LogP contribution in [0.1, 0.15) is 15.9 Å². The van der Waals surface area contributed by atoms with Gasteiger partial charge in [0.2, 0.25) is 5.91 Å². The molecule has 0 aliphatic carbocycles. The molecule has 0 fully saturated rings. The minimum atomic E-state index is -3.31. The number of benzene rings is 2. The number of amides is 2. The van der Waals surface area contributed by atoms with E-state index in [-0.39, 0.29) is 24.8 Å². The standard InChI is InChI=1S/C20H20N2O5S/c21-20(24)16-6-8-18(9-7-16)27-13-19(23)22(12-15-4-2-1-3-5-15)17-10-11-28(25,26)14-17/h1-11,17H,12-14H2,(H2,21,24)/t17-/m1/s1. The zero-order valence-corrected chi connectivity index (χ0v) is 15.8. The van der Waals surface area contributed by atoms with Crippen molar-refractivity contribution in [1.29, 1.82) is 0 Å². The van der Waals surface area contributed by atoms with Gasteiger partial charge in [-0.15, -0.1) is 0 Å². The van der Waals surface area contributed by atoms with Crippen LogP contribution in [-0.4, -0.2) is 43.5 Å². The van der Waals surface area contributed by atoms with Gasteiger partial charge in [0.1, 0.15) is 5.75 Å². The smallest absolute Gasteiger partial charge is 0.261 e. The topological polar surface area (TPSA) is 107 Å². The lowest BCUT2D eigenvalue weighted by atomic mass is 10.1. The molecule has 7 nitrogen and oxygen atoms in total. The number of carbonyl (C=O) groups is 2. The molecule has 1 atom stereocenters. The number of ether oxygens (including phenoxy) is 1. The van der Waals surface area contributed by atoms with Gasteiger partial charge in [-0.05, 0) is 35.9 Å². The second-order valence-electron chi connectivity index (χ2n) is 6.41. The van der Waals surface area contributed by atoms with Crippen LogP contribution in [0.2, 0.25) is 0 Å². The fourth-order valence-electron chi connectivity index (χ4n) is 2.87. The number of hydrogen-bond donors (Lipinski definition) is 1. The summed E-state index contributed by atoms with van der Waals surface area (Å²) in [7, 11) is -3.31. The van der Waals surface area contributed by atoms with Gasteiger partial charge >= 0.3 is 0 Å². The first-order valence-electron chi connectivity index (χ1n) is 8.61. The molecule has 3 rings (SSSR count). The van der Waals surface area contributed by atoms with Crippen molar-refractivity contribution in [2.75, 3.05) is 12.4 Å². The Hall–Kier alpha value is -3.13. The number of nitrogens with zero attached hydrogens (tertiary/aromatic N) is 1. The quantitative estimate of drug-likeness (QED) is 0.758. The predicted molar refractivity (Wildman–Crippen MR) is 104 cm³/mol. The number of rotatable bonds is 7. The zero-order chi connectivity index (χ0) is 20.1. The number of sulfone groups is 1. The summed E-state index contributed by atoms with van der Waals surface area (Å²) in [6.45, 7) is 0.0152. The molecule has 0 bridgehead atoms. The third-order valence-electron chi connectivity index (χ3n) is 4.33.